The summed E-state index contributed by atoms with van der Waals surface area (Å²) >= 11 is 0. The maximum atomic E-state index is 11.2. The molecule has 0 bridgehead atoms. The van der Waals surface area contributed by atoms with E-state index >= 15 is 0 Å². The molecule has 2 aliphatic heterocycles. The smallest absolute Gasteiger partial charge is 0.308 e. The molecule has 2 saturated heterocycles. The van der Waals surface area contributed by atoms with Crippen molar-refractivity contribution in [3.63, 3.8) is 0 Å². The number of ether oxygens (including phenoxy) is 3. The first kappa shape index (κ1) is 10.9. The molecule has 4 nitrogen and oxygen atoms in total. The number of epoxide rings is 2. The molecule has 0 spiro atoms. The highest BCUT2D eigenvalue weighted by atomic mass is 16.6. The van der Waals surface area contributed by atoms with Crippen molar-refractivity contribution in [2.24, 2.45) is 0 Å². The zero-order valence-corrected chi connectivity index (χ0v) is 9.11. The molecule has 0 N–H and O–H groups in total. The van der Waals surface area contributed by atoms with Gasteiger partial charge in [-0.15, -0.1) is 0 Å². The Kier molecular flexibility index (Phi) is 3.59. The molecule has 2 heterocycles. The van der Waals surface area contributed by atoms with Gasteiger partial charge in [0.25, 0.3) is 0 Å². The normalized spacial score (nSPS) is 32.5. The Hall–Kier alpha value is -0.610. The Labute approximate surface area is 89.9 Å². The van der Waals surface area contributed by atoms with E-state index in [1.165, 1.54) is 0 Å². The number of rotatable bonds is 7. The van der Waals surface area contributed by atoms with E-state index in [9.17, 15) is 4.79 Å². The van der Waals surface area contributed by atoms with Gasteiger partial charge >= 0.3 is 5.97 Å². The molecule has 0 aromatic rings. The van der Waals surface area contributed by atoms with Gasteiger partial charge in [0, 0.05) is 0 Å². The number of hydrogen-bond donors (Lipinski definition) is 0. The third-order valence-corrected chi connectivity index (χ3v) is 2.79. The molecule has 3 atom stereocenters. The third-order valence-electron chi connectivity index (χ3n) is 2.79. The van der Waals surface area contributed by atoms with Gasteiger partial charge < -0.3 is 14.2 Å². The molecule has 15 heavy (non-hydrogen) atoms. The van der Waals surface area contributed by atoms with Crippen molar-refractivity contribution in [1.82, 2.24) is 0 Å². The SMILES string of the molecule is CC1OC1CC(=O)OCCCCC1CO1. The van der Waals surface area contributed by atoms with Gasteiger partial charge in [0.1, 0.15) is 0 Å². The van der Waals surface area contributed by atoms with E-state index in [1.807, 2.05) is 6.92 Å². The first-order chi connectivity index (χ1) is 7.25. The molecular formula is C11H18O4. The molecule has 2 aliphatic rings. The van der Waals surface area contributed by atoms with Crippen molar-refractivity contribution in [2.45, 2.75) is 50.9 Å². The number of carbonyl (C=O) groups excluding carboxylic acids is 1. The monoisotopic (exact) mass is 214 g/mol. The van der Waals surface area contributed by atoms with Gasteiger partial charge in [-0.2, -0.15) is 0 Å². The van der Waals surface area contributed by atoms with Gasteiger partial charge in [-0.1, -0.05) is 0 Å². The molecule has 0 aromatic carbocycles. The molecule has 0 radical (unpaired) electrons. The molecule has 0 aromatic heterocycles. The minimum Gasteiger partial charge on any atom is -0.466 e. The van der Waals surface area contributed by atoms with Crippen molar-refractivity contribution in [2.75, 3.05) is 13.2 Å². The number of esters is 1. The number of carbonyl (C=O) groups is 1. The van der Waals surface area contributed by atoms with Gasteiger partial charge in [-0.05, 0) is 26.2 Å². The molecule has 86 valence electrons. The minimum atomic E-state index is -0.132. The fourth-order valence-electron chi connectivity index (χ4n) is 1.56. The van der Waals surface area contributed by atoms with Crippen molar-refractivity contribution in [3.05, 3.63) is 0 Å². The predicted molar refractivity (Wildman–Crippen MR) is 53.5 cm³/mol. The van der Waals surface area contributed by atoms with E-state index < -0.39 is 0 Å². The lowest BCUT2D eigenvalue weighted by Gasteiger charge is -2.02. The van der Waals surface area contributed by atoms with E-state index in [1.54, 1.807) is 0 Å². The van der Waals surface area contributed by atoms with Crippen molar-refractivity contribution in [3.8, 4) is 0 Å². The fourth-order valence-corrected chi connectivity index (χ4v) is 1.56. The highest BCUT2D eigenvalue weighted by Gasteiger charge is 2.36. The minimum absolute atomic E-state index is 0.109. The van der Waals surface area contributed by atoms with Crippen LogP contribution >= 0.6 is 0 Å². The molecule has 0 saturated carbocycles. The number of unbranched alkanes of at least 4 members (excludes halogenated alkanes) is 1. The van der Waals surface area contributed by atoms with Crippen molar-refractivity contribution in [1.29, 1.82) is 0 Å². The van der Waals surface area contributed by atoms with Crippen LogP contribution in [0, 0.1) is 0 Å². The summed E-state index contributed by atoms with van der Waals surface area (Å²) in [6.45, 7) is 3.41. The second-order valence-electron chi connectivity index (χ2n) is 4.26. The molecule has 4 heteroatoms. The van der Waals surface area contributed by atoms with Crippen LogP contribution in [0.4, 0.5) is 0 Å². The topological polar surface area (TPSA) is 51.4 Å². The maximum absolute atomic E-state index is 11.2. The molecule has 0 aliphatic carbocycles. The van der Waals surface area contributed by atoms with Crippen LogP contribution in [0.5, 0.6) is 0 Å². The average Bonchev–Trinajstić information content (AvgIpc) is 3.07. The van der Waals surface area contributed by atoms with Crippen molar-refractivity contribution < 1.29 is 19.0 Å². The Morgan fingerprint density at radius 1 is 1.47 bits per heavy atom. The Morgan fingerprint density at radius 2 is 2.20 bits per heavy atom. The van der Waals surface area contributed by atoms with Crippen LogP contribution < -0.4 is 0 Å². The Balaban J connectivity index is 1.40. The third kappa shape index (κ3) is 4.18. The molecule has 3 unspecified atom stereocenters. The second kappa shape index (κ2) is 4.94. The van der Waals surface area contributed by atoms with Crippen LogP contribution in [-0.2, 0) is 19.0 Å². The van der Waals surface area contributed by atoms with Crippen LogP contribution in [0.3, 0.4) is 0 Å². The fraction of sp³-hybridized carbons (Fsp3) is 0.909. The van der Waals surface area contributed by atoms with Crippen molar-refractivity contribution >= 4 is 5.97 Å². The van der Waals surface area contributed by atoms with Crippen LogP contribution in [0.15, 0.2) is 0 Å². The molecular weight excluding hydrogens is 196 g/mol. The van der Waals surface area contributed by atoms with Gasteiger partial charge in [0.05, 0.1) is 37.9 Å². The Morgan fingerprint density at radius 3 is 2.80 bits per heavy atom. The summed E-state index contributed by atoms with van der Waals surface area (Å²) in [5.74, 6) is -0.132. The van der Waals surface area contributed by atoms with E-state index in [2.05, 4.69) is 0 Å². The zero-order valence-electron chi connectivity index (χ0n) is 9.11. The summed E-state index contributed by atoms with van der Waals surface area (Å²) in [5, 5.41) is 0. The highest BCUT2D eigenvalue weighted by molar-refractivity contribution is 5.70. The van der Waals surface area contributed by atoms with E-state index in [0.29, 0.717) is 19.1 Å². The standard InChI is InChI=1S/C11H18O4/c1-8-10(15-8)6-11(12)13-5-3-2-4-9-7-14-9/h8-10H,2-7H2,1H3. The van der Waals surface area contributed by atoms with Gasteiger partial charge in [-0.25, -0.2) is 0 Å². The summed E-state index contributed by atoms with van der Waals surface area (Å²) in [5.41, 5.74) is 0. The lowest BCUT2D eigenvalue weighted by molar-refractivity contribution is -0.144. The lowest BCUT2D eigenvalue weighted by Crippen LogP contribution is -2.09. The van der Waals surface area contributed by atoms with E-state index in [-0.39, 0.29) is 18.2 Å². The Bertz CT molecular complexity index is 225. The highest BCUT2D eigenvalue weighted by Crippen LogP contribution is 2.24. The first-order valence-electron chi connectivity index (χ1n) is 5.68. The van der Waals surface area contributed by atoms with Crippen LogP contribution in [0.1, 0.15) is 32.6 Å². The quantitative estimate of drug-likeness (QED) is 0.364. The lowest BCUT2D eigenvalue weighted by atomic mass is 10.2. The van der Waals surface area contributed by atoms with E-state index in [4.69, 9.17) is 14.2 Å². The molecule has 0 amide bonds. The largest absolute Gasteiger partial charge is 0.466 e. The van der Waals surface area contributed by atoms with Gasteiger partial charge in [-0.3, -0.25) is 4.79 Å². The average molecular weight is 214 g/mol. The second-order valence-corrected chi connectivity index (χ2v) is 4.26. The molecule has 2 rings (SSSR count). The maximum Gasteiger partial charge on any atom is 0.308 e. The van der Waals surface area contributed by atoms with Crippen LogP contribution in [-0.4, -0.2) is 37.5 Å². The molecule has 2 fully saturated rings. The summed E-state index contributed by atoms with van der Waals surface area (Å²) in [7, 11) is 0. The van der Waals surface area contributed by atoms with Crippen LogP contribution in [0.25, 0.3) is 0 Å². The summed E-state index contributed by atoms with van der Waals surface area (Å²) in [4.78, 5) is 11.2. The first-order valence-corrected chi connectivity index (χ1v) is 5.68. The van der Waals surface area contributed by atoms with Crippen LogP contribution in [0.2, 0.25) is 0 Å². The number of hydrogen-bond acceptors (Lipinski definition) is 4. The summed E-state index contributed by atoms with van der Waals surface area (Å²) < 4.78 is 15.3. The van der Waals surface area contributed by atoms with Gasteiger partial charge in [0.2, 0.25) is 0 Å². The predicted octanol–water partition coefficient (Wildman–Crippen LogP) is 1.28. The van der Waals surface area contributed by atoms with E-state index in [0.717, 1.165) is 25.9 Å². The van der Waals surface area contributed by atoms with Gasteiger partial charge in [0.15, 0.2) is 0 Å². The zero-order chi connectivity index (χ0) is 10.7. The summed E-state index contributed by atoms with van der Waals surface area (Å²) in [6, 6.07) is 0. The summed E-state index contributed by atoms with van der Waals surface area (Å²) in [6.07, 6.45) is 4.36.